The van der Waals surface area contributed by atoms with Gasteiger partial charge >= 0.3 is 0 Å². The van der Waals surface area contributed by atoms with Crippen LogP contribution in [-0.4, -0.2) is 22.5 Å². The SMILES string of the molecule is O=c1[nH]c(C2=CC=C(C3CCNCC3)CC2)cn2cc(F)cc12. The first kappa shape index (κ1) is 14.5. The smallest absolute Gasteiger partial charge is 0.272 e. The van der Waals surface area contributed by atoms with Gasteiger partial charge in [-0.25, -0.2) is 4.39 Å². The van der Waals surface area contributed by atoms with Crippen LogP contribution in [0.15, 0.2) is 41.0 Å². The number of allylic oxidation sites excluding steroid dienone is 4. The molecule has 2 aliphatic rings. The molecule has 0 atom stereocenters. The van der Waals surface area contributed by atoms with Gasteiger partial charge in [0.1, 0.15) is 11.3 Å². The molecule has 2 N–H and O–H groups in total. The van der Waals surface area contributed by atoms with Crippen LogP contribution in [0.5, 0.6) is 0 Å². The number of piperidine rings is 1. The van der Waals surface area contributed by atoms with Gasteiger partial charge in [-0.2, -0.15) is 0 Å². The highest BCUT2D eigenvalue weighted by atomic mass is 19.1. The zero-order valence-corrected chi connectivity index (χ0v) is 12.9. The fourth-order valence-corrected chi connectivity index (χ4v) is 3.67. The molecule has 3 heterocycles. The standard InChI is InChI=1S/C18H20FN3O/c19-15-9-17-18(23)21-16(11-22(17)10-15)14-3-1-12(2-4-14)13-5-7-20-8-6-13/h1,3,9-11,13,20H,2,4-8H2,(H,21,23). The fourth-order valence-electron chi connectivity index (χ4n) is 3.67. The lowest BCUT2D eigenvalue weighted by Gasteiger charge is -2.27. The van der Waals surface area contributed by atoms with Gasteiger partial charge in [0.05, 0.1) is 5.69 Å². The number of aromatic nitrogens is 2. The Morgan fingerprint density at radius 2 is 1.96 bits per heavy atom. The molecule has 0 amide bonds. The molecular formula is C18H20FN3O. The summed E-state index contributed by atoms with van der Waals surface area (Å²) in [5.41, 5.74) is 3.49. The van der Waals surface area contributed by atoms with E-state index in [1.807, 2.05) is 0 Å². The first-order chi connectivity index (χ1) is 11.2. The minimum Gasteiger partial charge on any atom is -0.319 e. The van der Waals surface area contributed by atoms with E-state index in [0.29, 0.717) is 11.4 Å². The van der Waals surface area contributed by atoms with E-state index >= 15 is 0 Å². The van der Waals surface area contributed by atoms with Crippen molar-refractivity contribution in [2.24, 2.45) is 5.92 Å². The van der Waals surface area contributed by atoms with Crippen LogP contribution in [0.4, 0.5) is 4.39 Å². The van der Waals surface area contributed by atoms with E-state index in [4.69, 9.17) is 0 Å². The highest BCUT2D eigenvalue weighted by Crippen LogP contribution is 2.32. The summed E-state index contributed by atoms with van der Waals surface area (Å²) >= 11 is 0. The number of aromatic amines is 1. The minimum atomic E-state index is -0.390. The second-order valence-electron chi connectivity index (χ2n) is 6.41. The Morgan fingerprint density at radius 1 is 1.13 bits per heavy atom. The van der Waals surface area contributed by atoms with Crippen LogP contribution in [0.25, 0.3) is 11.1 Å². The average Bonchev–Trinajstić information content (AvgIpc) is 2.97. The molecular weight excluding hydrogens is 293 g/mol. The summed E-state index contributed by atoms with van der Waals surface area (Å²) < 4.78 is 14.9. The maximum absolute atomic E-state index is 13.3. The number of H-pyrrole nitrogens is 1. The Labute approximate surface area is 133 Å². The Bertz CT molecular complexity index is 853. The van der Waals surface area contributed by atoms with Gasteiger partial charge in [0.15, 0.2) is 0 Å². The van der Waals surface area contributed by atoms with Crippen LogP contribution < -0.4 is 10.9 Å². The quantitative estimate of drug-likeness (QED) is 0.896. The van der Waals surface area contributed by atoms with Gasteiger partial charge in [-0.1, -0.05) is 17.7 Å². The van der Waals surface area contributed by atoms with Crippen LogP contribution in [0.2, 0.25) is 0 Å². The second-order valence-corrected chi connectivity index (χ2v) is 6.41. The maximum atomic E-state index is 13.3. The van der Waals surface area contributed by atoms with Gasteiger partial charge in [0.2, 0.25) is 0 Å². The van der Waals surface area contributed by atoms with Crippen molar-refractivity contribution in [3.8, 4) is 0 Å². The van der Waals surface area contributed by atoms with Crippen molar-refractivity contribution in [1.82, 2.24) is 14.7 Å². The summed E-state index contributed by atoms with van der Waals surface area (Å²) in [6, 6.07) is 1.26. The van der Waals surface area contributed by atoms with Gasteiger partial charge in [-0.15, -0.1) is 0 Å². The summed E-state index contributed by atoms with van der Waals surface area (Å²) in [6.45, 7) is 2.20. The molecule has 1 fully saturated rings. The summed E-state index contributed by atoms with van der Waals surface area (Å²) in [4.78, 5) is 15.0. The van der Waals surface area contributed by atoms with Crippen LogP contribution in [-0.2, 0) is 0 Å². The highest BCUT2D eigenvalue weighted by Gasteiger charge is 2.20. The number of rotatable bonds is 2. The molecule has 1 aliphatic carbocycles. The van der Waals surface area contributed by atoms with E-state index in [2.05, 4.69) is 22.5 Å². The Hall–Kier alpha value is -2.14. The molecule has 120 valence electrons. The molecule has 0 bridgehead atoms. The van der Waals surface area contributed by atoms with Gasteiger partial charge in [0, 0.05) is 18.5 Å². The van der Waals surface area contributed by atoms with Crippen molar-refractivity contribution in [1.29, 1.82) is 0 Å². The van der Waals surface area contributed by atoms with Gasteiger partial charge in [0.25, 0.3) is 5.56 Å². The zero-order chi connectivity index (χ0) is 15.8. The van der Waals surface area contributed by atoms with Crippen molar-refractivity contribution in [3.63, 3.8) is 0 Å². The summed E-state index contributed by atoms with van der Waals surface area (Å²) in [5.74, 6) is 0.299. The lowest BCUT2D eigenvalue weighted by molar-refractivity contribution is 0.411. The van der Waals surface area contributed by atoms with Crippen molar-refractivity contribution >= 4 is 11.1 Å². The molecule has 1 aliphatic heterocycles. The Kier molecular flexibility index (Phi) is 3.65. The third kappa shape index (κ3) is 2.77. The molecule has 4 rings (SSSR count). The van der Waals surface area contributed by atoms with Crippen molar-refractivity contribution in [3.05, 3.63) is 58.1 Å². The Balaban J connectivity index is 1.64. The summed E-state index contributed by atoms with van der Waals surface area (Å²) in [7, 11) is 0. The topological polar surface area (TPSA) is 49.3 Å². The second kappa shape index (κ2) is 5.81. The molecule has 0 saturated carbocycles. The number of halogens is 1. The van der Waals surface area contributed by atoms with Crippen molar-refractivity contribution in [2.75, 3.05) is 13.1 Å². The van der Waals surface area contributed by atoms with Crippen LogP contribution in [0.1, 0.15) is 31.4 Å². The highest BCUT2D eigenvalue weighted by molar-refractivity contribution is 5.66. The summed E-state index contributed by atoms with van der Waals surface area (Å²) in [5, 5.41) is 3.40. The van der Waals surface area contributed by atoms with Gasteiger partial charge in [-0.05, 0) is 50.3 Å². The molecule has 0 radical (unpaired) electrons. The van der Waals surface area contributed by atoms with Crippen LogP contribution in [0.3, 0.4) is 0 Å². The van der Waals surface area contributed by atoms with Crippen LogP contribution >= 0.6 is 0 Å². The average molecular weight is 313 g/mol. The molecule has 2 aromatic rings. The number of hydrogen-bond donors (Lipinski definition) is 2. The lowest BCUT2D eigenvalue weighted by Crippen LogP contribution is -2.28. The number of hydrogen-bond acceptors (Lipinski definition) is 2. The van der Waals surface area contributed by atoms with Crippen LogP contribution in [0, 0.1) is 11.7 Å². The van der Waals surface area contributed by atoms with Crippen molar-refractivity contribution < 1.29 is 4.39 Å². The molecule has 2 aromatic heterocycles. The summed E-state index contributed by atoms with van der Waals surface area (Å²) in [6.07, 6.45) is 11.8. The number of nitrogens with zero attached hydrogens (tertiary/aromatic N) is 1. The molecule has 0 spiro atoms. The first-order valence-corrected chi connectivity index (χ1v) is 8.22. The van der Waals surface area contributed by atoms with Gasteiger partial charge < -0.3 is 14.7 Å². The third-order valence-electron chi connectivity index (χ3n) is 4.96. The molecule has 5 heteroatoms. The predicted molar refractivity (Wildman–Crippen MR) is 88.9 cm³/mol. The molecule has 4 nitrogen and oxygen atoms in total. The van der Waals surface area contributed by atoms with E-state index in [1.54, 1.807) is 10.6 Å². The normalized spacial score (nSPS) is 19.7. The number of fused-ring (bicyclic) bond motifs is 1. The number of nitrogens with one attached hydrogen (secondary N) is 2. The van der Waals surface area contributed by atoms with Crippen molar-refractivity contribution in [2.45, 2.75) is 25.7 Å². The predicted octanol–water partition coefficient (Wildman–Crippen LogP) is 2.87. The van der Waals surface area contributed by atoms with E-state index in [9.17, 15) is 9.18 Å². The molecule has 23 heavy (non-hydrogen) atoms. The van der Waals surface area contributed by atoms with Gasteiger partial charge in [-0.3, -0.25) is 4.79 Å². The Morgan fingerprint density at radius 3 is 2.70 bits per heavy atom. The van der Waals surface area contributed by atoms with E-state index in [-0.39, 0.29) is 5.56 Å². The fraction of sp³-hybridized carbons (Fsp3) is 0.389. The first-order valence-electron chi connectivity index (χ1n) is 8.22. The monoisotopic (exact) mass is 313 g/mol. The van der Waals surface area contributed by atoms with E-state index < -0.39 is 5.82 Å². The minimum absolute atomic E-state index is 0.250. The van der Waals surface area contributed by atoms with E-state index in [0.717, 1.165) is 37.2 Å². The molecule has 0 unspecified atom stereocenters. The maximum Gasteiger partial charge on any atom is 0.272 e. The molecule has 0 aromatic carbocycles. The largest absolute Gasteiger partial charge is 0.319 e. The van der Waals surface area contributed by atoms with E-state index in [1.165, 1.54) is 30.7 Å². The zero-order valence-electron chi connectivity index (χ0n) is 12.9. The lowest BCUT2D eigenvalue weighted by atomic mass is 9.83. The molecule has 1 saturated heterocycles. The third-order valence-corrected chi connectivity index (χ3v) is 4.96.